The van der Waals surface area contributed by atoms with Gasteiger partial charge >= 0.3 is 0 Å². The lowest BCUT2D eigenvalue weighted by Gasteiger charge is -2.29. The fourth-order valence-corrected chi connectivity index (χ4v) is 4.81. The maximum atomic E-state index is 13.2. The van der Waals surface area contributed by atoms with E-state index in [1.165, 1.54) is 16.7 Å². The zero-order chi connectivity index (χ0) is 16.9. The highest BCUT2D eigenvalue weighted by Gasteiger charge is 2.32. The Bertz CT molecular complexity index is 1050. The first-order valence-electron chi connectivity index (χ1n) is 7.59. The second kappa shape index (κ2) is 5.46. The lowest BCUT2D eigenvalue weighted by molar-refractivity contribution is 0.586. The van der Waals surface area contributed by atoms with E-state index < -0.39 is 10.0 Å². The van der Waals surface area contributed by atoms with Gasteiger partial charge in [-0.1, -0.05) is 17.7 Å². The molecule has 3 aromatic rings. The lowest BCUT2D eigenvalue weighted by atomic mass is 10.1. The largest absolute Gasteiger partial charge is 0.345 e. The summed E-state index contributed by atoms with van der Waals surface area (Å²) in [5.41, 5.74) is 2.23. The van der Waals surface area contributed by atoms with Crippen LogP contribution in [0, 0.1) is 6.92 Å². The summed E-state index contributed by atoms with van der Waals surface area (Å²) < 4.78 is 27.9. The number of rotatable bonds is 2. The number of halogens is 1. The average Bonchev–Trinajstić information content (AvgIpc) is 2.97. The summed E-state index contributed by atoms with van der Waals surface area (Å²) in [5, 5.41) is 0.883. The number of aryl methyl sites for hydroxylation is 2. The highest BCUT2D eigenvalue weighted by molar-refractivity contribution is 7.93. The zero-order valence-corrected chi connectivity index (χ0v) is 14.5. The van der Waals surface area contributed by atoms with Crippen LogP contribution in [0.25, 0.3) is 11.0 Å². The molecule has 4 heterocycles. The molecule has 0 aromatic carbocycles. The van der Waals surface area contributed by atoms with Crippen molar-refractivity contribution in [2.75, 3.05) is 10.8 Å². The van der Waals surface area contributed by atoms with Crippen LogP contribution in [0.3, 0.4) is 0 Å². The molecule has 1 N–H and O–H groups in total. The Morgan fingerprint density at radius 1 is 1.33 bits per heavy atom. The third-order valence-electron chi connectivity index (χ3n) is 4.17. The summed E-state index contributed by atoms with van der Waals surface area (Å²) in [4.78, 5) is 11.7. The normalized spacial score (nSPS) is 14.8. The topological polar surface area (TPSA) is 79.0 Å². The lowest BCUT2D eigenvalue weighted by Crippen LogP contribution is -2.36. The fraction of sp³-hybridized carbons (Fsp3) is 0.250. The molecule has 0 amide bonds. The van der Waals surface area contributed by atoms with Gasteiger partial charge in [-0.15, -0.1) is 0 Å². The predicted molar refractivity (Wildman–Crippen MR) is 92.9 cm³/mol. The molecule has 0 unspecified atom stereocenters. The quantitative estimate of drug-likeness (QED) is 0.759. The number of hydrogen-bond acceptors (Lipinski definition) is 4. The maximum absolute atomic E-state index is 13.2. The number of aromatic nitrogens is 3. The Morgan fingerprint density at radius 3 is 3.00 bits per heavy atom. The molecule has 3 aromatic heterocycles. The van der Waals surface area contributed by atoms with Crippen LogP contribution >= 0.6 is 11.6 Å². The third kappa shape index (κ3) is 2.35. The van der Waals surface area contributed by atoms with Crippen molar-refractivity contribution in [3.8, 4) is 0 Å². The molecule has 0 aliphatic carbocycles. The fourth-order valence-electron chi connectivity index (χ4n) is 3.02. The van der Waals surface area contributed by atoms with E-state index in [1.54, 1.807) is 6.07 Å². The van der Waals surface area contributed by atoms with Crippen LogP contribution in [-0.4, -0.2) is 29.9 Å². The summed E-state index contributed by atoms with van der Waals surface area (Å²) in [7, 11) is -3.75. The van der Waals surface area contributed by atoms with Crippen molar-refractivity contribution in [1.82, 2.24) is 15.0 Å². The van der Waals surface area contributed by atoms with Crippen LogP contribution in [0.15, 0.2) is 35.5 Å². The van der Waals surface area contributed by atoms with Crippen LogP contribution in [0.2, 0.25) is 5.02 Å². The van der Waals surface area contributed by atoms with Crippen molar-refractivity contribution in [2.24, 2.45) is 0 Å². The smallest absolute Gasteiger partial charge is 0.267 e. The monoisotopic (exact) mass is 362 g/mol. The van der Waals surface area contributed by atoms with Gasteiger partial charge in [0.05, 0.1) is 5.02 Å². The van der Waals surface area contributed by atoms with E-state index >= 15 is 0 Å². The minimum Gasteiger partial charge on any atom is -0.345 e. The summed E-state index contributed by atoms with van der Waals surface area (Å²) >= 11 is 5.99. The summed E-state index contributed by atoms with van der Waals surface area (Å²) in [5.74, 6) is 0.519. The van der Waals surface area contributed by atoms with E-state index in [1.807, 2.05) is 19.1 Å². The van der Waals surface area contributed by atoms with Crippen LogP contribution in [0.1, 0.15) is 17.7 Å². The van der Waals surface area contributed by atoms with Crippen LogP contribution in [-0.2, 0) is 16.4 Å². The standard InChI is InChI=1S/C16H15ClN4O2S/c1-10-4-5-11-3-2-6-21(16(11)20-10)24(22,23)14-9-19-15-13(14)7-12(17)8-18-15/h4-5,7-9H,2-3,6H2,1H3,(H,18,19). The van der Waals surface area contributed by atoms with E-state index in [9.17, 15) is 8.42 Å². The predicted octanol–water partition coefficient (Wildman–Crippen LogP) is 3.06. The van der Waals surface area contributed by atoms with Gasteiger partial charge in [0.25, 0.3) is 10.0 Å². The minimum atomic E-state index is -3.75. The molecule has 0 saturated carbocycles. The number of sulfonamides is 1. The molecule has 4 rings (SSSR count). The first-order chi connectivity index (χ1) is 11.5. The van der Waals surface area contributed by atoms with Crippen LogP contribution < -0.4 is 4.31 Å². The molecular weight excluding hydrogens is 348 g/mol. The number of nitrogens with one attached hydrogen (secondary N) is 1. The molecule has 0 bridgehead atoms. The molecule has 0 fully saturated rings. The number of hydrogen-bond donors (Lipinski definition) is 1. The van der Waals surface area contributed by atoms with E-state index in [0.717, 1.165) is 24.1 Å². The zero-order valence-electron chi connectivity index (χ0n) is 13.0. The molecule has 1 aliphatic heterocycles. The van der Waals surface area contributed by atoms with Crippen molar-refractivity contribution in [2.45, 2.75) is 24.7 Å². The highest BCUT2D eigenvalue weighted by Crippen LogP contribution is 2.33. The molecule has 0 radical (unpaired) electrons. The second-order valence-corrected chi connectivity index (χ2v) is 8.09. The van der Waals surface area contributed by atoms with Gasteiger partial charge in [-0.2, -0.15) is 0 Å². The molecule has 0 spiro atoms. The van der Waals surface area contributed by atoms with Crippen molar-refractivity contribution >= 4 is 38.5 Å². The highest BCUT2D eigenvalue weighted by atomic mass is 35.5. The molecule has 1 aliphatic rings. The number of fused-ring (bicyclic) bond motifs is 2. The van der Waals surface area contributed by atoms with Gasteiger partial charge in [-0.25, -0.2) is 22.7 Å². The number of pyridine rings is 2. The molecule has 0 atom stereocenters. The van der Waals surface area contributed by atoms with E-state index in [4.69, 9.17) is 11.6 Å². The molecular formula is C16H15ClN4O2S. The van der Waals surface area contributed by atoms with Gasteiger partial charge in [0.1, 0.15) is 16.4 Å². The van der Waals surface area contributed by atoms with Gasteiger partial charge in [0.15, 0.2) is 0 Å². The summed E-state index contributed by atoms with van der Waals surface area (Å²) in [6, 6.07) is 5.47. The van der Waals surface area contributed by atoms with Crippen molar-refractivity contribution < 1.29 is 8.42 Å². The Labute approximate surface area is 144 Å². The van der Waals surface area contributed by atoms with Crippen LogP contribution in [0.5, 0.6) is 0 Å². The van der Waals surface area contributed by atoms with E-state index in [0.29, 0.717) is 28.4 Å². The first-order valence-corrected chi connectivity index (χ1v) is 9.40. The van der Waals surface area contributed by atoms with Gasteiger partial charge in [0.2, 0.25) is 0 Å². The number of anilines is 1. The average molecular weight is 363 g/mol. The Balaban J connectivity index is 1.90. The van der Waals surface area contributed by atoms with Crippen molar-refractivity contribution in [3.05, 3.63) is 46.9 Å². The molecule has 124 valence electrons. The summed E-state index contributed by atoms with van der Waals surface area (Å²) in [6.07, 6.45) is 4.54. The second-order valence-electron chi connectivity index (χ2n) is 5.82. The molecule has 8 heteroatoms. The summed E-state index contributed by atoms with van der Waals surface area (Å²) in [6.45, 7) is 2.27. The van der Waals surface area contributed by atoms with Gasteiger partial charge in [-0.3, -0.25) is 0 Å². The molecule has 24 heavy (non-hydrogen) atoms. The van der Waals surface area contributed by atoms with Gasteiger partial charge in [0, 0.05) is 30.0 Å². The molecule has 6 nitrogen and oxygen atoms in total. The Kier molecular flexibility index (Phi) is 3.51. The Morgan fingerprint density at radius 2 is 2.17 bits per heavy atom. The van der Waals surface area contributed by atoms with Gasteiger partial charge in [-0.05, 0) is 37.5 Å². The van der Waals surface area contributed by atoms with Crippen molar-refractivity contribution in [1.29, 1.82) is 0 Å². The van der Waals surface area contributed by atoms with E-state index in [2.05, 4.69) is 15.0 Å². The number of aromatic amines is 1. The maximum Gasteiger partial charge on any atom is 0.267 e. The minimum absolute atomic E-state index is 0.170. The van der Waals surface area contributed by atoms with Crippen molar-refractivity contribution in [3.63, 3.8) is 0 Å². The van der Waals surface area contributed by atoms with E-state index in [-0.39, 0.29) is 4.90 Å². The van der Waals surface area contributed by atoms with Gasteiger partial charge < -0.3 is 4.98 Å². The Hall–Kier alpha value is -2.12. The SMILES string of the molecule is Cc1ccc2c(n1)N(S(=O)(=O)c1c[nH]c3ncc(Cl)cc13)CCC2. The number of H-pyrrole nitrogens is 1. The third-order valence-corrected chi connectivity index (χ3v) is 6.20. The van der Waals surface area contributed by atoms with Crippen LogP contribution in [0.4, 0.5) is 5.82 Å². The molecule has 0 saturated heterocycles. The number of nitrogens with zero attached hydrogens (tertiary/aromatic N) is 3. The first kappa shape index (κ1) is 15.4.